The Balaban J connectivity index is 1.30. The summed E-state index contributed by atoms with van der Waals surface area (Å²) in [5.41, 5.74) is 5.63. The van der Waals surface area contributed by atoms with Gasteiger partial charge in [-0.05, 0) is 24.3 Å². The van der Waals surface area contributed by atoms with E-state index in [1.165, 1.54) is 23.5 Å². The molecule has 2 fully saturated rings. The summed E-state index contributed by atoms with van der Waals surface area (Å²) in [5.74, 6) is -1.18. The minimum absolute atomic E-state index is 0.0486. The van der Waals surface area contributed by atoms with Crippen LogP contribution in [0, 0.1) is 0 Å². The van der Waals surface area contributed by atoms with Gasteiger partial charge >= 0.3 is 0 Å². The molecule has 29 heavy (non-hydrogen) atoms. The summed E-state index contributed by atoms with van der Waals surface area (Å²) in [7, 11) is 0. The van der Waals surface area contributed by atoms with Gasteiger partial charge in [-0.2, -0.15) is 0 Å². The Hall–Kier alpha value is -2.85. The number of likely N-dealkylation sites (tertiary alicyclic amines) is 2. The Labute approximate surface area is 174 Å². The van der Waals surface area contributed by atoms with Gasteiger partial charge in [-0.1, -0.05) is 11.6 Å². The van der Waals surface area contributed by atoms with Crippen LogP contribution in [0.2, 0.25) is 4.34 Å². The first-order chi connectivity index (χ1) is 13.8. The molecule has 11 heteroatoms. The first-order valence-corrected chi connectivity index (χ1v) is 10.1. The average Bonchev–Trinajstić information content (AvgIpc) is 3.34. The molecule has 1 unspecified atom stereocenters. The molecule has 0 aliphatic carbocycles. The van der Waals surface area contributed by atoms with Crippen molar-refractivity contribution in [1.82, 2.24) is 20.1 Å². The topological polar surface area (TPSA) is 129 Å². The molecule has 4 rings (SSSR count). The number of rotatable bonds is 5. The maximum Gasteiger partial charge on any atom is 0.270 e. The van der Waals surface area contributed by atoms with E-state index in [-0.39, 0.29) is 47.6 Å². The maximum absolute atomic E-state index is 12.4. The van der Waals surface area contributed by atoms with E-state index in [1.54, 1.807) is 21.9 Å². The number of aromatic amines is 1. The Morgan fingerprint density at radius 1 is 1.14 bits per heavy atom. The number of halogens is 1. The lowest BCUT2D eigenvalue weighted by molar-refractivity contribution is -0.132. The van der Waals surface area contributed by atoms with Gasteiger partial charge in [-0.25, -0.2) is 0 Å². The fourth-order valence-corrected chi connectivity index (χ4v) is 4.47. The van der Waals surface area contributed by atoms with Gasteiger partial charge in [0.15, 0.2) is 0 Å². The quantitative estimate of drug-likeness (QED) is 0.637. The number of hydrogen-bond donors (Lipinski definition) is 3. The largest absolute Gasteiger partial charge is 0.364 e. The average molecular weight is 436 g/mol. The zero-order chi connectivity index (χ0) is 20.7. The van der Waals surface area contributed by atoms with Gasteiger partial charge in [0.2, 0.25) is 5.91 Å². The van der Waals surface area contributed by atoms with Crippen molar-refractivity contribution in [2.45, 2.75) is 18.5 Å². The number of hydrogen-bond acceptors (Lipinski definition) is 5. The lowest BCUT2D eigenvalue weighted by Crippen LogP contribution is -2.61. The Kier molecular flexibility index (Phi) is 5.05. The number of amides is 4. The van der Waals surface area contributed by atoms with Gasteiger partial charge in [0.25, 0.3) is 17.7 Å². The van der Waals surface area contributed by atoms with E-state index in [1.807, 2.05) is 0 Å². The molecule has 2 aromatic heterocycles. The third-order valence-electron chi connectivity index (χ3n) is 5.06. The number of nitrogens with two attached hydrogens (primary N) is 1. The van der Waals surface area contributed by atoms with Crippen LogP contribution < -0.4 is 11.1 Å². The predicted octanol–water partition coefficient (Wildman–Crippen LogP) is 0.684. The van der Waals surface area contributed by atoms with Crippen LogP contribution in [0.3, 0.4) is 0 Å². The van der Waals surface area contributed by atoms with Crippen molar-refractivity contribution in [2.75, 3.05) is 19.6 Å². The summed E-state index contributed by atoms with van der Waals surface area (Å²) in [4.78, 5) is 54.7. The van der Waals surface area contributed by atoms with Crippen molar-refractivity contribution < 1.29 is 19.2 Å². The summed E-state index contributed by atoms with van der Waals surface area (Å²) < 4.78 is 0.531. The number of carbonyl (C=O) groups excluding carboxylic acids is 4. The first-order valence-electron chi connectivity index (χ1n) is 8.95. The minimum atomic E-state index is -0.633. The van der Waals surface area contributed by atoms with Crippen molar-refractivity contribution in [3.05, 3.63) is 44.9 Å². The van der Waals surface area contributed by atoms with Crippen molar-refractivity contribution in [1.29, 1.82) is 0 Å². The molecule has 0 bridgehead atoms. The van der Waals surface area contributed by atoms with Gasteiger partial charge in [0.05, 0.1) is 21.3 Å². The zero-order valence-corrected chi connectivity index (χ0v) is 16.8. The van der Waals surface area contributed by atoms with E-state index in [9.17, 15) is 19.2 Å². The standard InChI is InChI=1S/C18H18ClN5O4S/c19-14-4-3-13(29-14)17(27)21-9-5-15(25)24(6-9)10-7-23(8-10)18(28)12-2-1-11(22-12)16(20)26/h1-4,9-10,22H,5-8H2,(H2,20,26)(H,21,27). The molecule has 0 saturated carbocycles. The lowest BCUT2D eigenvalue weighted by Gasteiger charge is -2.43. The molecule has 0 aromatic carbocycles. The molecule has 4 amide bonds. The van der Waals surface area contributed by atoms with Crippen LogP contribution in [0.4, 0.5) is 0 Å². The molecule has 2 aliphatic heterocycles. The molecule has 2 aliphatic rings. The number of H-pyrrole nitrogens is 1. The van der Waals surface area contributed by atoms with E-state index < -0.39 is 5.91 Å². The summed E-state index contributed by atoms with van der Waals surface area (Å²) in [6.07, 6.45) is 0.230. The normalized spacial score (nSPS) is 19.3. The van der Waals surface area contributed by atoms with Crippen molar-refractivity contribution in [2.24, 2.45) is 5.73 Å². The molecule has 4 heterocycles. The second kappa shape index (κ2) is 7.53. The Bertz CT molecular complexity index is 996. The smallest absolute Gasteiger partial charge is 0.270 e. The third-order valence-corrected chi connectivity index (χ3v) is 6.29. The molecule has 2 saturated heterocycles. The van der Waals surface area contributed by atoms with E-state index in [2.05, 4.69) is 10.3 Å². The highest BCUT2D eigenvalue weighted by molar-refractivity contribution is 7.18. The second-order valence-corrected chi connectivity index (χ2v) is 8.75. The second-order valence-electron chi connectivity index (χ2n) is 7.04. The van der Waals surface area contributed by atoms with Crippen molar-refractivity contribution in [3.63, 3.8) is 0 Å². The van der Waals surface area contributed by atoms with Crippen LogP contribution in [-0.2, 0) is 4.79 Å². The van der Waals surface area contributed by atoms with Gasteiger partial charge in [-0.3, -0.25) is 19.2 Å². The molecule has 9 nitrogen and oxygen atoms in total. The van der Waals surface area contributed by atoms with Gasteiger partial charge in [-0.15, -0.1) is 11.3 Å². The van der Waals surface area contributed by atoms with Gasteiger partial charge in [0, 0.05) is 26.1 Å². The highest BCUT2D eigenvalue weighted by Crippen LogP contribution is 2.25. The number of nitrogens with one attached hydrogen (secondary N) is 2. The van der Waals surface area contributed by atoms with E-state index in [0.29, 0.717) is 28.8 Å². The molecule has 4 N–H and O–H groups in total. The predicted molar refractivity (Wildman–Crippen MR) is 106 cm³/mol. The van der Waals surface area contributed by atoms with Crippen LogP contribution in [0.5, 0.6) is 0 Å². The van der Waals surface area contributed by atoms with Crippen LogP contribution in [-0.4, -0.2) is 70.1 Å². The van der Waals surface area contributed by atoms with Crippen molar-refractivity contribution >= 4 is 46.6 Å². The molecular formula is C18H18ClN5O4S. The summed E-state index contributed by atoms with van der Waals surface area (Å²) >= 11 is 7.04. The monoisotopic (exact) mass is 435 g/mol. The number of thiophene rings is 1. The number of carbonyl (C=O) groups is 4. The van der Waals surface area contributed by atoms with E-state index in [4.69, 9.17) is 17.3 Å². The van der Waals surface area contributed by atoms with Crippen LogP contribution in [0.15, 0.2) is 24.3 Å². The van der Waals surface area contributed by atoms with Crippen LogP contribution in [0.1, 0.15) is 37.1 Å². The number of primary amides is 1. The molecule has 0 spiro atoms. The van der Waals surface area contributed by atoms with Crippen LogP contribution >= 0.6 is 22.9 Å². The van der Waals surface area contributed by atoms with Crippen molar-refractivity contribution in [3.8, 4) is 0 Å². The van der Waals surface area contributed by atoms with Gasteiger partial charge < -0.3 is 25.8 Å². The van der Waals surface area contributed by atoms with Gasteiger partial charge in [0.1, 0.15) is 11.4 Å². The third kappa shape index (κ3) is 3.85. The minimum Gasteiger partial charge on any atom is -0.364 e. The highest BCUT2D eigenvalue weighted by atomic mass is 35.5. The Morgan fingerprint density at radius 2 is 1.86 bits per heavy atom. The number of aromatic nitrogens is 1. The summed E-state index contributed by atoms with van der Waals surface area (Å²) in [6.45, 7) is 1.21. The maximum atomic E-state index is 12.4. The fraction of sp³-hybridized carbons (Fsp3) is 0.333. The summed E-state index contributed by atoms with van der Waals surface area (Å²) in [5, 5.41) is 2.87. The zero-order valence-electron chi connectivity index (χ0n) is 15.2. The summed E-state index contributed by atoms with van der Waals surface area (Å²) in [6, 6.07) is 5.92. The Morgan fingerprint density at radius 3 is 2.48 bits per heavy atom. The highest BCUT2D eigenvalue weighted by Gasteiger charge is 2.42. The molecular weight excluding hydrogens is 418 g/mol. The molecule has 0 radical (unpaired) electrons. The molecule has 1 atom stereocenters. The number of nitrogens with zero attached hydrogens (tertiary/aromatic N) is 2. The molecule has 2 aromatic rings. The van der Waals surface area contributed by atoms with Crippen LogP contribution in [0.25, 0.3) is 0 Å². The van der Waals surface area contributed by atoms with E-state index in [0.717, 1.165) is 0 Å². The SMILES string of the molecule is NC(=O)c1ccc(C(=O)N2CC(N3CC(NC(=O)c4ccc(Cl)s4)CC3=O)C2)[nH]1. The van der Waals surface area contributed by atoms with E-state index >= 15 is 0 Å². The fourth-order valence-electron chi connectivity index (χ4n) is 3.53. The molecule has 152 valence electrons. The lowest BCUT2D eigenvalue weighted by atomic mass is 10.1. The first kappa shape index (κ1) is 19.5.